The topological polar surface area (TPSA) is 58.1 Å². The molecule has 6 heteroatoms. The van der Waals surface area contributed by atoms with Crippen LogP contribution in [-0.2, 0) is 0 Å². The van der Waals surface area contributed by atoms with Crippen molar-refractivity contribution < 1.29 is 4.79 Å². The molecular formula is C15H15ClN4O. The van der Waals surface area contributed by atoms with E-state index in [2.05, 4.69) is 20.4 Å². The summed E-state index contributed by atoms with van der Waals surface area (Å²) in [5.74, 6) is 0.532. The molecule has 0 saturated carbocycles. The van der Waals surface area contributed by atoms with E-state index in [9.17, 15) is 4.79 Å². The quantitative estimate of drug-likeness (QED) is 0.947. The molecule has 1 aromatic carbocycles. The first-order valence-corrected chi connectivity index (χ1v) is 7.26. The first-order chi connectivity index (χ1) is 10.2. The summed E-state index contributed by atoms with van der Waals surface area (Å²) in [7, 11) is 0. The Morgan fingerprint density at radius 3 is 2.62 bits per heavy atom. The molecule has 21 heavy (non-hydrogen) atoms. The maximum absolute atomic E-state index is 12.1. The van der Waals surface area contributed by atoms with Crippen molar-refractivity contribution in [1.29, 1.82) is 0 Å². The summed E-state index contributed by atoms with van der Waals surface area (Å²) in [6, 6.07) is 10.5. The average molecular weight is 303 g/mol. The van der Waals surface area contributed by atoms with E-state index in [1.807, 2.05) is 6.07 Å². The highest BCUT2D eigenvalue weighted by Crippen LogP contribution is 2.18. The highest BCUT2D eigenvalue weighted by Gasteiger charge is 2.15. The Balaban J connectivity index is 1.70. The maximum Gasteiger partial charge on any atom is 0.276 e. The second-order valence-electron chi connectivity index (χ2n) is 4.94. The lowest BCUT2D eigenvalue weighted by Crippen LogP contribution is -2.21. The number of halogens is 1. The Morgan fingerprint density at radius 2 is 1.95 bits per heavy atom. The van der Waals surface area contributed by atoms with E-state index < -0.39 is 0 Å². The molecule has 1 amide bonds. The van der Waals surface area contributed by atoms with E-state index >= 15 is 0 Å². The normalized spacial score (nSPS) is 14.2. The molecule has 0 radical (unpaired) electrons. The van der Waals surface area contributed by atoms with Crippen molar-refractivity contribution in [2.45, 2.75) is 12.8 Å². The van der Waals surface area contributed by atoms with Crippen LogP contribution < -0.4 is 10.2 Å². The van der Waals surface area contributed by atoms with Crippen molar-refractivity contribution in [2.24, 2.45) is 0 Å². The fourth-order valence-corrected chi connectivity index (χ4v) is 2.51. The Hall–Kier alpha value is -2.14. The van der Waals surface area contributed by atoms with Crippen molar-refractivity contribution in [3.05, 3.63) is 47.1 Å². The molecule has 2 aromatic rings. The van der Waals surface area contributed by atoms with E-state index in [0.717, 1.165) is 18.9 Å². The predicted octanol–water partition coefficient (Wildman–Crippen LogP) is 2.98. The zero-order valence-corrected chi connectivity index (χ0v) is 12.2. The molecule has 108 valence electrons. The maximum atomic E-state index is 12.1. The first-order valence-electron chi connectivity index (χ1n) is 6.88. The molecule has 0 bridgehead atoms. The molecule has 0 unspecified atom stereocenters. The number of amides is 1. The molecule has 1 N–H and O–H groups in total. The average Bonchev–Trinajstić information content (AvgIpc) is 3.01. The minimum Gasteiger partial charge on any atom is -0.355 e. The van der Waals surface area contributed by atoms with Gasteiger partial charge in [-0.1, -0.05) is 17.7 Å². The molecule has 1 aromatic heterocycles. The van der Waals surface area contributed by atoms with Gasteiger partial charge in [0.2, 0.25) is 0 Å². The van der Waals surface area contributed by atoms with E-state index in [1.165, 1.54) is 12.8 Å². The number of nitrogens with zero attached hydrogens (tertiary/aromatic N) is 3. The van der Waals surface area contributed by atoms with Gasteiger partial charge in [0.15, 0.2) is 11.5 Å². The van der Waals surface area contributed by atoms with Crippen LogP contribution in [0.25, 0.3) is 0 Å². The lowest BCUT2D eigenvalue weighted by molar-refractivity contribution is 0.102. The van der Waals surface area contributed by atoms with Crippen molar-refractivity contribution in [2.75, 3.05) is 23.3 Å². The fraction of sp³-hybridized carbons (Fsp3) is 0.267. The van der Waals surface area contributed by atoms with Crippen molar-refractivity contribution in [3.63, 3.8) is 0 Å². The minimum atomic E-state index is -0.294. The zero-order chi connectivity index (χ0) is 14.7. The summed E-state index contributed by atoms with van der Waals surface area (Å²) in [5, 5.41) is 11.5. The van der Waals surface area contributed by atoms with Gasteiger partial charge in [0, 0.05) is 23.8 Å². The summed E-state index contributed by atoms with van der Waals surface area (Å²) in [5.41, 5.74) is 0.927. The third kappa shape index (κ3) is 3.31. The van der Waals surface area contributed by atoms with Gasteiger partial charge in [-0.2, -0.15) is 0 Å². The molecule has 1 saturated heterocycles. The van der Waals surface area contributed by atoms with Gasteiger partial charge in [-0.25, -0.2) is 0 Å². The van der Waals surface area contributed by atoms with Gasteiger partial charge in [-0.05, 0) is 43.2 Å². The number of carbonyl (C=O) groups is 1. The fourth-order valence-electron chi connectivity index (χ4n) is 2.32. The summed E-state index contributed by atoms with van der Waals surface area (Å²) >= 11 is 5.88. The van der Waals surface area contributed by atoms with Gasteiger partial charge in [0.25, 0.3) is 5.91 Å². The van der Waals surface area contributed by atoms with Crippen molar-refractivity contribution in [1.82, 2.24) is 10.2 Å². The van der Waals surface area contributed by atoms with Gasteiger partial charge in [-0.3, -0.25) is 4.79 Å². The van der Waals surface area contributed by atoms with Crippen LogP contribution in [0, 0.1) is 0 Å². The number of nitrogens with one attached hydrogen (secondary N) is 1. The molecule has 2 heterocycles. The summed E-state index contributed by atoms with van der Waals surface area (Å²) in [4.78, 5) is 14.3. The molecule has 1 aliphatic rings. The van der Waals surface area contributed by atoms with Gasteiger partial charge >= 0.3 is 0 Å². The molecule has 1 aliphatic heterocycles. The standard InChI is InChI=1S/C15H15ClN4O/c16-11-4-3-5-12(10-11)17-15(21)13-6-7-14(19-18-13)20-8-1-2-9-20/h3-7,10H,1-2,8-9H2,(H,17,21). The van der Waals surface area contributed by atoms with E-state index in [0.29, 0.717) is 10.7 Å². The number of anilines is 2. The third-order valence-corrected chi connectivity index (χ3v) is 3.63. The lowest BCUT2D eigenvalue weighted by Gasteiger charge is -2.15. The molecule has 0 aliphatic carbocycles. The summed E-state index contributed by atoms with van der Waals surface area (Å²) in [6.07, 6.45) is 2.36. The van der Waals surface area contributed by atoms with E-state index in [-0.39, 0.29) is 11.6 Å². The number of aromatic nitrogens is 2. The Kier molecular flexibility index (Phi) is 4.01. The Bertz CT molecular complexity index is 638. The van der Waals surface area contributed by atoms with Crippen LogP contribution in [-0.4, -0.2) is 29.2 Å². The van der Waals surface area contributed by atoms with Crippen LogP contribution >= 0.6 is 11.6 Å². The van der Waals surface area contributed by atoms with Crippen molar-refractivity contribution >= 4 is 29.0 Å². The van der Waals surface area contributed by atoms with E-state index in [4.69, 9.17) is 11.6 Å². The minimum absolute atomic E-state index is 0.290. The van der Waals surface area contributed by atoms with Crippen LogP contribution in [0.2, 0.25) is 5.02 Å². The number of rotatable bonds is 3. The van der Waals surface area contributed by atoms with Gasteiger partial charge in [0.05, 0.1) is 0 Å². The Labute approximate surface area is 127 Å². The number of hydrogen-bond donors (Lipinski definition) is 1. The molecule has 0 spiro atoms. The molecular weight excluding hydrogens is 288 g/mol. The monoisotopic (exact) mass is 302 g/mol. The summed E-state index contributed by atoms with van der Waals surface area (Å²) < 4.78 is 0. The summed E-state index contributed by atoms with van der Waals surface area (Å²) in [6.45, 7) is 2.01. The van der Waals surface area contributed by atoms with Gasteiger partial charge < -0.3 is 10.2 Å². The zero-order valence-electron chi connectivity index (χ0n) is 11.4. The van der Waals surface area contributed by atoms with Crippen LogP contribution in [0.15, 0.2) is 36.4 Å². The predicted molar refractivity (Wildman–Crippen MR) is 82.9 cm³/mol. The smallest absolute Gasteiger partial charge is 0.276 e. The van der Waals surface area contributed by atoms with Gasteiger partial charge in [-0.15, -0.1) is 10.2 Å². The second-order valence-corrected chi connectivity index (χ2v) is 5.37. The largest absolute Gasteiger partial charge is 0.355 e. The van der Waals surface area contributed by atoms with Crippen LogP contribution in [0.3, 0.4) is 0 Å². The molecule has 3 rings (SSSR count). The number of benzene rings is 1. The Morgan fingerprint density at radius 1 is 1.14 bits per heavy atom. The van der Waals surface area contributed by atoms with Crippen LogP contribution in [0.5, 0.6) is 0 Å². The van der Waals surface area contributed by atoms with Crippen LogP contribution in [0.1, 0.15) is 23.3 Å². The molecule has 0 atom stereocenters. The van der Waals surface area contributed by atoms with Crippen LogP contribution in [0.4, 0.5) is 11.5 Å². The molecule has 1 fully saturated rings. The number of hydrogen-bond acceptors (Lipinski definition) is 4. The number of carbonyl (C=O) groups excluding carboxylic acids is 1. The molecule has 5 nitrogen and oxygen atoms in total. The highest BCUT2D eigenvalue weighted by atomic mass is 35.5. The highest BCUT2D eigenvalue weighted by molar-refractivity contribution is 6.30. The first kappa shape index (κ1) is 13.8. The van der Waals surface area contributed by atoms with Gasteiger partial charge in [0.1, 0.15) is 0 Å². The van der Waals surface area contributed by atoms with E-state index in [1.54, 1.807) is 30.3 Å². The van der Waals surface area contributed by atoms with Crippen molar-refractivity contribution in [3.8, 4) is 0 Å². The lowest BCUT2D eigenvalue weighted by atomic mass is 10.3. The second kappa shape index (κ2) is 6.10. The third-order valence-electron chi connectivity index (χ3n) is 3.40. The SMILES string of the molecule is O=C(Nc1cccc(Cl)c1)c1ccc(N2CCCC2)nn1.